The van der Waals surface area contributed by atoms with Crippen molar-refractivity contribution in [3.63, 3.8) is 0 Å². The van der Waals surface area contributed by atoms with Gasteiger partial charge in [0.2, 0.25) is 0 Å². The summed E-state index contributed by atoms with van der Waals surface area (Å²) in [5, 5.41) is 11.8. The van der Waals surface area contributed by atoms with Gasteiger partial charge in [0.05, 0.1) is 11.6 Å². The standard InChI is InChI=1S/C19H26N2O3/c1-13(2)10-15-6-8-16(9-7-15)18(23)24-11-17(22)21-19(5,12-20)14(3)4/h6-9,13-14H,10-11H2,1-5H3,(H,21,22)/t19-/m1/s1. The van der Waals surface area contributed by atoms with Crippen LogP contribution in [0.15, 0.2) is 24.3 Å². The minimum atomic E-state index is -0.984. The molecule has 0 heterocycles. The predicted octanol–water partition coefficient (Wildman–Crippen LogP) is 3.10. The third-order valence-electron chi connectivity index (χ3n) is 3.95. The molecule has 0 aliphatic carbocycles. The zero-order valence-corrected chi connectivity index (χ0v) is 15.1. The minimum absolute atomic E-state index is 0.0596. The second-order valence-electron chi connectivity index (χ2n) is 6.89. The third-order valence-corrected chi connectivity index (χ3v) is 3.95. The van der Waals surface area contributed by atoms with Gasteiger partial charge in [0, 0.05) is 0 Å². The molecule has 1 N–H and O–H groups in total. The second kappa shape index (κ2) is 8.49. The summed E-state index contributed by atoms with van der Waals surface area (Å²) in [6.45, 7) is 9.18. The number of carbonyl (C=O) groups is 2. The smallest absolute Gasteiger partial charge is 0.338 e. The van der Waals surface area contributed by atoms with Crippen molar-refractivity contribution < 1.29 is 14.3 Å². The molecule has 0 aliphatic heterocycles. The number of esters is 1. The SMILES string of the molecule is CC(C)Cc1ccc(C(=O)OCC(=O)N[C@](C)(C#N)C(C)C)cc1. The van der Waals surface area contributed by atoms with Crippen molar-refractivity contribution in [2.45, 2.75) is 46.6 Å². The van der Waals surface area contributed by atoms with E-state index in [1.165, 1.54) is 0 Å². The lowest BCUT2D eigenvalue weighted by molar-refractivity contribution is -0.125. The Morgan fingerprint density at radius 2 is 1.79 bits per heavy atom. The topological polar surface area (TPSA) is 79.2 Å². The predicted molar refractivity (Wildman–Crippen MR) is 92.3 cm³/mol. The summed E-state index contributed by atoms with van der Waals surface area (Å²) >= 11 is 0. The van der Waals surface area contributed by atoms with Crippen LogP contribution < -0.4 is 5.32 Å². The molecule has 0 aromatic heterocycles. The van der Waals surface area contributed by atoms with Gasteiger partial charge in [-0.25, -0.2) is 4.79 Å². The molecule has 0 saturated carbocycles. The number of hydrogen-bond donors (Lipinski definition) is 1. The molecule has 130 valence electrons. The highest BCUT2D eigenvalue weighted by atomic mass is 16.5. The van der Waals surface area contributed by atoms with E-state index in [-0.39, 0.29) is 5.92 Å². The lowest BCUT2D eigenvalue weighted by Gasteiger charge is -2.27. The van der Waals surface area contributed by atoms with E-state index in [1.807, 2.05) is 26.0 Å². The zero-order valence-electron chi connectivity index (χ0n) is 15.1. The molecule has 1 rings (SSSR count). The van der Waals surface area contributed by atoms with Crippen LogP contribution in [0.1, 0.15) is 50.5 Å². The van der Waals surface area contributed by atoms with Crippen LogP contribution in [-0.4, -0.2) is 24.0 Å². The monoisotopic (exact) mass is 330 g/mol. The van der Waals surface area contributed by atoms with Gasteiger partial charge in [-0.15, -0.1) is 0 Å². The highest BCUT2D eigenvalue weighted by molar-refractivity contribution is 5.91. The van der Waals surface area contributed by atoms with E-state index in [4.69, 9.17) is 4.74 Å². The molecule has 24 heavy (non-hydrogen) atoms. The normalized spacial score (nSPS) is 13.2. The Labute approximate surface area is 144 Å². The molecular formula is C19H26N2O3. The van der Waals surface area contributed by atoms with Gasteiger partial charge in [-0.2, -0.15) is 5.26 Å². The summed E-state index contributed by atoms with van der Waals surface area (Å²) in [6, 6.07) is 9.26. The molecule has 1 atom stereocenters. The van der Waals surface area contributed by atoms with Crippen molar-refractivity contribution in [1.29, 1.82) is 5.26 Å². The Hall–Kier alpha value is -2.35. The summed E-state index contributed by atoms with van der Waals surface area (Å²) in [5.74, 6) is -0.556. The highest BCUT2D eigenvalue weighted by Crippen LogP contribution is 2.15. The molecule has 1 aromatic rings. The van der Waals surface area contributed by atoms with Crippen molar-refractivity contribution in [3.05, 3.63) is 35.4 Å². The number of benzene rings is 1. The maximum atomic E-state index is 12.0. The average Bonchev–Trinajstić information content (AvgIpc) is 2.52. The Morgan fingerprint density at radius 3 is 2.25 bits per heavy atom. The molecule has 1 aromatic carbocycles. The number of ether oxygens (including phenoxy) is 1. The van der Waals surface area contributed by atoms with Crippen LogP contribution in [0.25, 0.3) is 0 Å². The highest BCUT2D eigenvalue weighted by Gasteiger charge is 2.30. The molecular weight excluding hydrogens is 304 g/mol. The van der Waals surface area contributed by atoms with Crippen LogP contribution in [-0.2, 0) is 16.0 Å². The molecule has 5 nitrogen and oxygen atoms in total. The first-order valence-corrected chi connectivity index (χ1v) is 8.16. The minimum Gasteiger partial charge on any atom is -0.452 e. The quantitative estimate of drug-likeness (QED) is 0.779. The van der Waals surface area contributed by atoms with E-state index in [1.54, 1.807) is 19.1 Å². The van der Waals surface area contributed by atoms with Gasteiger partial charge in [0.1, 0.15) is 5.54 Å². The molecule has 0 spiro atoms. The number of rotatable bonds is 7. The lowest BCUT2D eigenvalue weighted by atomic mass is 9.90. The summed E-state index contributed by atoms with van der Waals surface area (Å²) < 4.78 is 5.02. The molecule has 0 bridgehead atoms. The zero-order chi connectivity index (χ0) is 18.3. The van der Waals surface area contributed by atoms with E-state index in [0.29, 0.717) is 11.5 Å². The van der Waals surface area contributed by atoms with Gasteiger partial charge >= 0.3 is 5.97 Å². The van der Waals surface area contributed by atoms with Gasteiger partial charge in [0.15, 0.2) is 6.61 Å². The Bertz CT molecular complexity index is 614. The van der Waals surface area contributed by atoms with Crippen LogP contribution in [0.3, 0.4) is 0 Å². The Balaban J connectivity index is 2.57. The fraction of sp³-hybridized carbons (Fsp3) is 0.526. The maximum absolute atomic E-state index is 12.0. The fourth-order valence-corrected chi connectivity index (χ4v) is 2.09. The summed E-state index contributed by atoms with van der Waals surface area (Å²) in [4.78, 5) is 23.9. The van der Waals surface area contributed by atoms with E-state index in [9.17, 15) is 14.9 Å². The summed E-state index contributed by atoms with van der Waals surface area (Å²) in [5.41, 5.74) is 0.574. The van der Waals surface area contributed by atoms with E-state index in [0.717, 1.165) is 12.0 Å². The summed E-state index contributed by atoms with van der Waals surface area (Å²) in [7, 11) is 0. The van der Waals surface area contributed by atoms with Gasteiger partial charge < -0.3 is 10.1 Å². The van der Waals surface area contributed by atoms with Crippen LogP contribution in [0, 0.1) is 23.2 Å². The van der Waals surface area contributed by atoms with Crippen LogP contribution in [0.4, 0.5) is 0 Å². The molecule has 0 aliphatic rings. The molecule has 0 fully saturated rings. The number of amides is 1. The van der Waals surface area contributed by atoms with Gasteiger partial charge in [-0.3, -0.25) is 4.79 Å². The molecule has 1 amide bonds. The Kier molecular flexibility index (Phi) is 6.97. The number of nitrogens with zero attached hydrogens (tertiary/aromatic N) is 1. The van der Waals surface area contributed by atoms with Crippen molar-refractivity contribution in [2.75, 3.05) is 6.61 Å². The second-order valence-corrected chi connectivity index (χ2v) is 6.89. The van der Waals surface area contributed by atoms with Crippen molar-refractivity contribution in [2.24, 2.45) is 11.8 Å². The largest absolute Gasteiger partial charge is 0.452 e. The average molecular weight is 330 g/mol. The Morgan fingerprint density at radius 1 is 1.21 bits per heavy atom. The maximum Gasteiger partial charge on any atom is 0.338 e. The van der Waals surface area contributed by atoms with Gasteiger partial charge in [0.25, 0.3) is 5.91 Å². The fourth-order valence-electron chi connectivity index (χ4n) is 2.09. The van der Waals surface area contributed by atoms with Crippen molar-refractivity contribution >= 4 is 11.9 Å². The molecule has 5 heteroatoms. The first-order valence-electron chi connectivity index (χ1n) is 8.16. The van der Waals surface area contributed by atoms with E-state index < -0.39 is 24.0 Å². The van der Waals surface area contributed by atoms with Crippen molar-refractivity contribution in [3.8, 4) is 6.07 Å². The van der Waals surface area contributed by atoms with Crippen LogP contribution in [0.2, 0.25) is 0 Å². The van der Waals surface area contributed by atoms with Crippen LogP contribution >= 0.6 is 0 Å². The lowest BCUT2D eigenvalue weighted by Crippen LogP contribution is -2.50. The van der Waals surface area contributed by atoms with E-state index >= 15 is 0 Å². The van der Waals surface area contributed by atoms with Gasteiger partial charge in [-0.1, -0.05) is 39.8 Å². The van der Waals surface area contributed by atoms with Gasteiger partial charge in [-0.05, 0) is 42.9 Å². The number of nitriles is 1. The van der Waals surface area contributed by atoms with Crippen molar-refractivity contribution in [1.82, 2.24) is 5.32 Å². The number of nitrogens with one attached hydrogen (secondary N) is 1. The first kappa shape index (κ1) is 19.7. The van der Waals surface area contributed by atoms with E-state index in [2.05, 4.69) is 25.2 Å². The van der Waals surface area contributed by atoms with Crippen LogP contribution in [0.5, 0.6) is 0 Å². The molecule has 0 saturated heterocycles. The number of carbonyl (C=O) groups excluding carboxylic acids is 2. The number of hydrogen-bond acceptors (Lipinski definition) is 4. The molecule has 0 radical (unpaired) electrons. The summed E-state index contributed by atoms with van der Waals surface area (Å²) in [6.07, 6.45) is 0.944. The molecule has 0 unspecified atom stereocenters. The third kappa shape index (κ3) is 5.69. The first-order chi connectivity index (χ1) is 11.2.